The number of rotatable bonds is 5. The van der Waals surface area contributed by atoms with Gasteiger partial charge in [0.25, 0.3) is 0 Å². The first kappa shape index (κ1) is 14.6. The summed E-state index contributed by atoms with van der Waals surface area (Å²) in [7, 11) is 3.71. The molecule has 1 aromatic carbocycles. The molecule has 0 spiro atoms. The van der Waals surface area contributed by atoms with Crippen LogP contribution in [0.3, 0.4) is 0 Å². The molecule has 6 nitrogen and oxygen atoms in total. The van der Waals surface area contributed by atoms with Gasteiger partial charge in [0.1, 0.15) is 5.75 Å². The first-order valence-corrected chi connectivity index (χ1v) is 6.70. The lowest BCUT2D eigenvalue weighted by atomic mass is 10.1. The van der Waals surface area contributed by atoms with Crippen LogP contribution in [0.1, 0.15) is 17.5 Å². The minimum Gasteiger partial charge on any atom is -0.496 e. The summed E-state index contributed by atoms with van der Waals surface area (Å²) in [5.41, 5.74) is 7.32. The molecule has 110 valence electrons. The van der Waals surface area contributed by atoms with Gasteiger partial charge in [-0.2, -0.15) is 0 Å². The number of ether oxygens (including phenoxy) is 1. The van der Waals surface area contributed by atoms with E-state index in [1.165, 1.54) is 6.42 Å². The Morgan fingerprint density at radius 3 is 3.00 bits per heavy atom. The highest BCUT2D eigenvalue weighted by molar-refractivity contribution is 5.99. The Kier molecular flexibility index (Phi) is 4.81. The number of hydrogen-bond acceptors (Lipinski definition) is 5. The maximum Gasteiger partial charge on any atom is 0.173 e. The molecular weight excluding hydrogens is 256 g/mol. The van der Waals surface area contributed by atoms with E-state index >= 15 is 0 Å². The van der Waals surface area contributed by atoms with Crippen molar-refractivity contribution < 1.29 is 9.94 Å². The summed E-state index contributed by atoms with van der Waals surface area (Å²) in [6.07, 6.45) is 1.18. The molecular formula is C14H22N4O2. The predicted molar refractivity (Wildman–Crippen MR) is 78.2 cm³/mol. The Morgan fingerprint density at radius 1 is 1.60 bits per heavy atom. The Labute approximate surface area is 119 Å². The van der Waals surface area contributed by atoms with Gasteiger partial charge in [0, 0.05) is 19.1 Å². The standard InChI is InChI=1S/C14H22N4O2/c1-18-6-5-11(9-18)16-8-10-3-4-12(14(15)17-19)13(7-10)20-2/h3-4,7,11,16,19H,5-6,8-9H2,1-2H3,(H2,15,17). The molecule has 4 N–H and O–H groups in total. The highest BCUT2D eigenvalue weighted by atomic mass is 16.5. The van der Waals surface area contributed by atoms with Gasteiger partial charge >= 0.3 is 0 Å². The molecule has 0 aromatic heterocycles. The molecule has 6 heteroatoms. The highest BCUT2D eigenvalue weighted by Crippen LogP contribution is 2.20. The number of amidine groups is 1. The molecule has 1 heterocycles. The number of methoxy groups -OCH3 is 1. The highest BCUT2D eigenvalue weighted by Gasteiger charge is 2.18. The Balaban J connectivity index is 2.02. The van der Waals surface area contributed by atoms with Gasteiger partial charge in [-0.25, -0.2) is 0 Å². The second kappa shape index (κ2) is 6.58. The Bertz CT molecular complexity index is 490. The minimum atomic E-state index is 0.0544. The number of nitrogens with two attached hydrogens (primary N) is 1. The smallest absolute Gasteiger partial charge is 0.173 e. The summed E-state index contributed by atoms with van der Waals surface area (Å²) in [5, 5.41) is 15.3. The summed E-state index contributed by atoms with van der Waals surface area (Å²) in [4.78, 5) is 2.32. The van der Waals surface area contributed by atoms with Crippen LogP contribution in [0.4, 0.5) is 0 Å². The molecule has 1 aromatic rings. The average molecular weight is 278 g/mol. The molecule has 20 heavy (non-hydrogen) atoms. The molecule has 1 aliphatic rings. The monoisotopic (exact) mass is 278 g/mol. The minimum absolute atomic E-state index is 0.0544. The molecule has 1 fully saturated rings. The second-order valence-electron chi connectivity index (χ2n) is 5.15. The molecule has 1 unspecified atom stereocenters. The fraction of sp³-hybridized carbons (Fsp3) is 0.500. The number of nitrogens with zero attached hydrogens (tertiary/aromatic N) is 2. The van der Waals surface area contributed by atoms with Crippen LogP contribution in [0, 0.1) is 0 Å². The van der Waals surface area contributed by atoms with E-state index in [2.05, 4.69) is 22.4 Å². The van der Waals surface area contributed by atoms with Crippen molar-refractivity contribution in [3.8, 4) is 5.75 Å². The maximum absolute atomic E-state index is 8.74. The van der Waals surface area contributed by atoms with E-state index in [1.54, 1.807) is 7.11 Å². The van der Waals surface area contributed by atoms with Crippen molar-refractivity contribution >= 4 is 5.84 Å². The van der Waals surface area contributed by atoms with E-state index in [0.717, 1.165) is 25.2 Å². The fourth-order valence-corrected chi connectivity index (χ4v) is 2.47. The Morgan fingerprint density at radius 2 is 2.40 bits per heavy atom. The third kappa shape index (κ3) is 3.40. The van der Waals surface area contributed by atoms with Gasteiger partial charge in [-0.1, -0.05) is 11.2 Å². The fourth-order valence-electron chi connectivity index (χ4n) is 2.47. The van der Waals surface area contributed by atoms with E-state index in [0.29, 0.717) is 17.4 Å². The first-order chi connectivity index (χ1) is 9.63. The van der Waals surface area contributed by atoms with Crippen LogP contribution in [0.25, 0.3) is 0 Å². The summed E-state index contributed by atoms with van der Waals surface area (Å²) in [6, 6.07) is 6.22. The number of benzene rings is 1. The van der Waals surface area contributed by atoms with Crippen LogP contribution in [-0.2, 0) is 6.54 Å². The van der Waals surface area contributed by atoms with Crippen LogP contribution in [0.15, 0.2) is 23.4 Å². The van der Waals surface area contributed by atoms with Crippen molar-refractivity contribution in [3.05, 3.63) is 29.3 Å². The lowest BCUT2D eigenvalue weighted by Gasteiger charge is -2.14. The third-order valence-electron chi connectivity index (χ3n) is 3.64. The summed E-state index contributed by atoms with van der Waals surface area (Å²) >= 11 is 0. The molecule has 0 aliphatic carbocycles. The van der Waals surface area contributed by atoms with Gasteiger partial charge in [-0.15, -0.1) is 0 Å². The van der Waals surface area contributed by atoms with Gasteiger partial charge in [0.05, 0.1) is 12.7 Å². The van der Waals surface area contributed by atoms with E-state index in [1.807, 2.05) is 18.2 Å². The normalized spacial score (nSPS) is 20.3. The largest absolute Gasteiger partial charge is 0.496 e. The van der Waals surface area contributed by atoms with Gasteiger partial charge in [0.15, 0.2) is 5.84 Å². The quantitative estimate of drug-likeness (QED) is 0.318. The number of oxime groups is 1. The Hall–Kier alpha value is -1.79. The molecule has 1 saturated heterocycles. The van der Waals surface area contributed by atoms with Crippen molar-refractivity contribution in [3.63, 3.8) is 0 Å². The van der Waals surface area contributed by atoms with Crippen molar-refractivity contribution in [1.82, 2.24) is 10.2 Å². The lowest BCUT2D eigenvalue weighted by molar-refractivity contribution is 0.318. The van der Waals surface area contributed by atoms with Gasteiger partial charge in [0.2, 0.25) is 0 Å². The van der Waals surface area contributed by atoms with Crippen molar-refractivity contribution in [2.75, 3.05) is 27.2 Å². The van der Waals surface area contributed by atoms with Crippen LogP contribution >= 0.6 is 0 Å². The van der Waals surface area contributed by atoms with E-state index in [4.69, 9.17) is 15.7 Å². The summed E-state index contributed by atoms with van der Waals surface area (Å²) in [5.74, 6) is 0.668. The zero-order valence-electron chi connectivity index (χ0n) is 12.0. The van der Waals surface area contributed by atoms with Crippen molar-refractivity contribution in [2.24, 2.45) is 10.9 Å². The zero-order valence-corrected chi connectivity index (χ0v) is 12.0. The van der Waals surface area contributed by atoms with Crippen LogP contribution in [0.2, 0.25) is 0 Å². The number of hydrogen-bond donors (Lipinski definition) is 3. The van der Waals surface area contributed by atoms with E-state index in [9.17, 15) is 0 Å². The lowest BCUT2D eigenvalue weighted by Crippen LogP contribution is -2.31. The van der Waals surface area contributed by atoms with Crippen LogP contribution in [-0.4, -0.2) is 49.2 Å². The molecule has 1 atom stereocenters. The maximum atomic E-state index is 8.74. The summed E-state index contributed by atoms with van der Waals surface area (Å²) in [6.45, 7) is 3.01. The number of likely N-dealkylation sites (N-methyl/N-ethyl adjacent to an activating group) is 1. The molecule has 0 saturated carbocycles. The van der Waals surface area contributed by atoms with Crippen LogP contribution in [0.5, 0.6) is 5.75 Å². The van der Waals surface area contributed by atoms with E-state index in [-0.39, 0.29) is 5.84 Å². The van der Waals surface area contributed by atoms with Crippen LogP contribution < -0.4 is 15.8 Å². The first-order valence-electron chi connectivity index (χ1n) is 6.70. The molecule has 2 rings (SSSR count). The number of likely N-dealkylation sites (tertiary alicyclic amines) is 1. The van der Waals surface area contributed by atoms with Crippen molar-refractivity contribution in [1.29, 1.82) is 0 Å². The van der Waals surface area contributed by atoms with Gasteiger partial charge in [-0.05, 0) is 37.7 Å². The molecule has 0 amide bonds. The number of nitrogens with one attached hydrogen (secondary N) is 1. The average Bonchev–Trinajstić information content (AvgIpc) is 2.89. The van der Waals surface area contributed by atoms with E-state index < -0.39 is 0 Å². The second-order valence-corrected chi connectivity index (χ2v) is 5.15. The molecule has 0 bridgehead atoms. The third-order valence-corrected chi connectivity index (χ3v) is 3.64. The zero-order chi connectivity index (χ0) is 14.5. The van der Waals surface area contributed by atoms with Crippen molar-refractivity contribution in [2.45, 2.75) is 19.0 Å². The van der Waals surface area contributed by atoms with Gasteiger partial charge in [-0.3, -0.25) is 0 Å². The predicted octanol–water partition coefficient (Wildman–Crippen LogP) is 0.583. The SMILES string of the molecule is COc1cc(CNC2CCN(C)C2)ccc1/C(N)=N/O. The molecule has 1 aliphatic heterocycles. The topological polar surface area (TPSA) is 83.1 Å². The summed E-state index contributed by atoms with van der Waals surface area (Å²) < 4.78 is 5.29. The molecule has 0 radical (unpaired) electrons. The van der Waals surface area contributed by atoms with Gasteiger partial charge < -0.3 is 25.9 Å².